The Morgan fingerprint density at radius 3 is 2.44 bits per heavy atom. The second kappa shape index (κ2) is 9.46. The average molecular weight is 457 g/mol. The van der Waals surface area contributed by atoms with Crippen molar-refractivity contribution in [3.8, 4) is 5.69 Å². The Hall–Kier alpha value is -3.30. The molecule has 9 heteroatoms. The van der Waals surface area contributed by atoms with Crippen LogP contribution in [0.2, 0.25) is 0 Å². The molecule has 2 aromatic carbocycles. The van der Waals surface area contributed by atoms with Crippen LogP contribution in [0.25, 0.3) is 11.8 Å². The van der Waals surface area contributed by atoms with E-state index in [1.165, 1.54) is 38.4 Å². The van der Waals surface area contributed by atoms with E-state index in [1.54, 1.807) is 41.1 Å². The van der Waals surface area contributed by atoms with E-state index in [2.05, 4.69) is 10.4 Å². The van der Waals surface area contributed by atoms with Crippen molar-refractivity contribution in [3.63, 3.8) is 0 Å². The largest absolute Gasteiger partial charge is 0.348 e. The maximum atomic E-state index is 13.2. The molecule has 1 N–H and O–H groups in total. The van der Waals surface area contributed by atoms with Gasteiger partial charge in [0.2, 0.25) is 15.9 Å². The number of nitrogens with one attached hydrogen (secondary N) is 1. The maximum Gasteiger partial charge on any atom is 0.244 e. The summed E-state index contributed by atoms with van der Waals surface area (Å²) in [4.78, 5) is 12.5. The normalized spacial score (nSPS) is 11.9. The van der Waals surface area contributed by atoms with Gasteiger partial charge in [0.25, 0.3) is 0 Å². The number of amides is 1. The Morgan fingerprint density at radius 2 is 1.78 bits per heavy atom. The third kappa shape index (κ3) is 4.95. The quantitative estimate of drug-likeness (QED) is 0.554. The lowest BCUT2D eigenvalue weighted by atomic mass is 10.1. The topological polar surface area (TPSA) is 84.3 Å². The number of nitrogens with zero attached hydrogens (tertiary/aromatic N) is 3. The van der Waals surface area contributed by atoms with Crippen molar-refractivity contribution >= 4 is 22.0 Å². The maximum absolute atomic E-state index is 13.2. The van der Waals surface area contributed by atoms with Crippen molar-refractivity contribution in [3.05, 3.63) is 82.9 Å². The van der Waals surface area contributed by atoms with Gasteiger partial charge in [-0.15, -0.1) is 0 Å². The molecule has 0 aliphatic heterocycles. The fourth-order valence-electron chi connectivity index (χ4n) is 3.23. The molecule has 168 valence electrons. The number of aryl methyl sites for hydroxylation is 1. The Morgan fingerprint density at radius 1 is 1.12 bits per heavy atom. The number of aromatic nitrogens is 2. The predicted octanol–water partition coefficient (Wildman–Crippen LogP) is 3.21. The SMILES string of the molecule is Cc1nn(-c2ccc(F)cc2)c(C)c1/C=C/C(=O)NCc1ccccc1S(=O)(=O)N(C)C. The van der Waals surface area contributed by atoms with Crippen molar-refractivity contribution in [2.24, 2.45) is 0 Å². The van der Waals surface area contributed by atoms with Crippen LogP contribution in [0.5, 0.6) is 0 Å². The van der Waals surface area contributed by atoms with Gasteiger partial charge in [0, 0.05) is 38.0 Å². The summed E-state index contributed by atoms with van der Waals surface area (Å²) in [5, 5.41) is 7.20. The standard InChI is InChI=1S/C23H25FN4O3S/c1-16-21(17(2)28(26-16)20-11-9-19(24)10-12-20)13-14-23(29)25-15-18-7-5-6-8-22(18)32(30,31)27(3)4/h5-14H,15H2,1-4H3,(H,25,29)/b14-13+. The second-order valence-electron chi connectivity index (χ2n) is 7.42. The first-order chi connectivity index (χ1) is 15.1. The van der Waals surface area contributed by atoms with E-state index in [-0.39, 0.29) is 23.2 Å². The summed E-state index contributed by atoms with van der Waals surface area (Å²) >= 11 is 0. The van der Waals surface area contributed by atoms with Gasteiger partial charge in [0.1, 0.15) is 5.82 Å². The highest BCUT2D eigenvalue weighted by molar-refractivity contribution is 7.89. The number of rotatable bonds is 7. The van der Waals surface area contributed by atoms with Gasteiger partial charge in [-0.1, -0.05) is 18.2 Å². The zero-order valence-electron chi connectivity index (χ0n) is 18.3. The molecule has 0 fully saturated rings. The third-order valence-corrected chi connectivity index (χ3v) is 6.92. The van der Waals surface area contributed by atoms with Crippen LogP contribution in [0, 0.1) is 19.7 Å². The van der Waals surface area contributed by atoms with Crippen molar-refractivity contribution in [1.82, 2.24) is 19.4 Å². The molecule has 0 aliphatic rings. The monoisotopic (exact) mass is 456 g/mol. The van der Waals surface area contributed by atoms with Gasteiger partial charge in [-0.05, 0) is 55.8 Å². The Labute approximate surface area is 187 Å². The first-order valence-corrected chi connectivity index (χ1v) is 11.3. The van der Waals surface area contributed by atoms with Crippen molar-refractivity contribution in [1.29, 1.82) is 0 Å². The van der Waals surface area contributed by atoms with E-state index < -0.39 is 10.0 Å². The summed E-state index contributed by atoms with van der Waals surface area (Å²) in [6.45, 7) is 3.76. The van der Waals surface area contributed by atoms with Gasteiger partial charge in [0.05, 0.1) is 16.3 Å². The highest BCUT2D eigenvalue weighted by Gasteiger charge is 2.20. The van der Waals surface area contributed by atoms with E-state index in [0.29, 0.717) is 5.56 Å². The van der Waals surface area contributed by atoms with Crippen LogP contribution in [0.1, 0.15) is 22.5 Å². The first kappa shape index (κ1) is 23.4. The number of benzene rings is 2. The summed E-state index contributed by atoms with van der Waals surface area (Å²) in [5.41, 5.74) is 3.52. The van der Waals surface area contributed by atoms with Gasteiger partial charge in [-0.25, -0.2) is 21.8 Å². The molecule has 0 radical (unpaired) electrons. The number of hydrogen-bond donors (Lipinski definition) is 1. The summed E-state index contributed by atoms with van der Waals surface area (Å²) in [7, 11) is -0.694. The minimum Gasteiger partial charge on any atom is -0.348 e. The molecule has 0 bridgehead atoms. The van der Waals surface area contributed by atoms with Gasteiger partial charge in [0.15, 0.2) is 0 Å². The van der Waals surface area contributed by atoms with Crippen LogP contribution in [-0.2, 0) is 21.4 Å². The molecule has 0 atom stereocenters. The lowest BCUT2D eigenvalue weighted by Crippen LogP contribution is -2.26. The number of hydrogen-bond acceptors (Lipinski definition) is 4. The molecule has 0 saturated carbocycles. The first-order valence-electron chi connectivity index (χ1n) is 9.89. The average Bonchev–Trinajstić information content (AvgIpc) is 3.04. The molecule has 7 nitrogen and oxygen atoms in total. The van der Waals surface area contributed by atoms with Crippen LogP contribution < -0.4 is 5.32 Å². The summed E-state index contributed by atoms with van der Waals surface area (Å²) in [5.74, 6) is -0.692. The van der Waals surface area contributed by atoms with Gasteiger partial charge in [-0.3, -0.25) is 4.79 Å². The molecule has 0 spiro atoms. The highest BCUT2D eigenvalue weighted by Crippen LogP contribution is 2.20. The molecule has 32 heavy (non-hydrogen) atoms. The highest BCUT2D eigenvalue weighted by atomic mass is 32.2. The molecule has 1 aromatic heterocycles. The molecular formula is C23H25FN4O3S. The van der Waals surface area contributed by atoms with E-state index in [9.17, 15) is 17.6 Å². The van der Waals surface area contributed by atoms with Gasteiger partial charge >= 0.3 is 0 Å². The molecule has 1 heterocycles. The van der Waals surface area contributed by atoms with E-state index >= 15 is 0 Å². The van der Waals surface area contributed by atoms with Crippen LogP contribution in [0.15, 0.2) is 59.5 Å². The van der Waals surface area contributed by atoms with E-state index in [0.717, 1.165) is 26.9 Å². The number of halogens is 1. The Balaban J connectivity index is 1.75. The summed E-state index contributed by atoms with van der Waals surface area (Å²) in [6, 6.07) is 12.5. The Bertz CT molecular complexity index is 1260. The molecule has 0 unspecified atom stereocenters. The predicted molar refractivity (Wildman–Crippen MR) is 121 cm³/mol. The summed E-state index contributed by atoms with van der Waals surface area (Å²) in [6.07, 6.45) is 3.05. The fourth-order valence-corrected chi connectivity index (χ4v) is 4.34. The zero-order valence-corrected chi connectivity index (χ0v) is 19.1. The van der Waals surface area contributed by atoms with Gasteiger partial charge in [-0.2, -0.15) is 5.10 Å². The molecular weight excluding hydrogens is 431 g/mol. The fraction of sp³-hybridized carbons (Fsp3) is 0.217. The van der Waals surface area contributed by atoms with E-state index in [4.69, 9.17) is 0 Å². The van der Waals surface area contributed by atoms with E-state index in [1.807, 2.05) is 13.8 Å². The number of carbonyl (C=O) groups is 1. The molecule has 0 saturated heterocycles. The smallest absolute Gasteiger partial charge is 0.244 e. The van der Waals surface area contributed by atoms with Crippen LogP contribution in [0.3, 0.4) is 0 Å². The number of sulfonamides is 1. The van der Waals surface area contributed by atoms with Gasteiger partial charge < -0.3 is 5.32 Å². The zero-order chi connectivity index (χ0) is 23.5. The van der Waals surface area contributed by atoms with Crippen molar-refractivity contribution in [2.45, 2.75) is 25.3 Å². The molecule has 3 rings (SSSR count). The lowest BCUT2D eigenvalue weighted by molar-refractivity contribution is -0.116. The minimum atomic E-state index is -3.62. The second-order valence-corrected chi connectivity index (χ2v) is 9.54. The lowest BCUT2D eigenvalue weighted by Gasteiger charge is -2.15. The van der Waals surface area contributed by atoms with Crippen LogP contribution in [0.4, 0.5) is 4.39 Å². The minimum absolute atomic E-state index is 0.0687. The Kier molecular flexibility index (Phi) is 6.90. The molecule has 0 aliphatic carbocycles. The van der Waals surface area contributed by atoms with Crippen LogP contribution in [-0.4, -0.2) is 42.5 Å². The molecule has 1 amide bonds. The summed E-state index contributed by atoms with van der Waals surface area (Å²) < 4.78 is 41.0. The van der Waals surface area contributed by atoms with Crippen molar-refractivity contribution in [2.75, 3.05) is 14.1 Å². The number of carbonyl (C=O) groups excluding carboxylic acids is 1. The third-order valence-electron chi connectivity index (χ3n) is 5.00. The van der Waals surface area contributed by atoms with Crippen LogP contribution >= 0.6 is 0 Å². The van der Waals surface area contributed by atoms with Crippen molar-refractivity contribution < 1.29 is 17.6 Å². The molecule has 3 aromatic rings.